The van der Waals surface area contributed by atoms with Gasteiger partial charge >= 0.3 is 6.03 Å². The summed E-state index contributed by atoms with van der Waals surface area (Å²) in [6.45, 7) is 3.41. The molecule has 1 saturated heterocycles. The summed E-state index contributed by atoms with van der Waals surface area (Å²) in [4.78, 5) is 37.5. The third-order valence-electron chi connectivity index (χ3n) is 7.34. The lowest BCUT2D eigenvalue weighted by atomic mass is 9.99. The van der Waals surface area contributed by atoms with E-state index < -0.39 is 11.3 Å². The molecule has 0 aliphatic carbocycles. The molecule has 3 aromatic rings. The van der Waals surface area contributed by atoms with Gasteiger partial charge in [-0.2, -0.15) is 0 Å². The van der Waals surface area contributed by atoms with Crippen molar-refractivity contribution in [2.45, 2.75) is 35.7 Å². The molecular weight excluding hydrogens is 486 g/mol. The van der Waals surface area contributed by atoms with E-state index in [4.69, 9.17) is 4.74 Å². The van der Waals surface area contributed by atoms with E-state index in [1.165, 1.54) is 11.8 Å². The Labute approximate surface area is 220 Å². The van der Waals surface area contributed by atoms with Crippen molar-refractivity contribution in [3.8, 4) is 11.5 Å². The van der Waals surface area contributed by atoms with Crippen LogP contribution in [0.25, 0.3) is 0 Å². The molecule has 1 fully saturated rings. The maximum absolute atomic E-state index is 13.6. The molecule has 0 bridgehead atoms. The van der Waals surface area contributed by atoms with Crippen molar-refractivity contribution in [2.75, 3.05) is 32.1 Å². The van der Waals surface area contributed by atoms with Gasteiger partial charge in [0, 0.05) is 30.9 Å². The zero-order valence-corrected chi connectivity index (χ0v) is 21.9. The van der Waals surface area contributed by atoms with Gasteiger partial charge in [-0.3, -0.25) is 9.69 Å². The number of rotatable bonds is 5. The average molecular weight is 516 g/mol. The number of thioether (sulfide) groups is 1. The number of nitrogens with one attached hydrogen (secondary N) is 1. The summed E-state index contributed by atoms with van der Waals surface area (Å²) in [5.74, 6) is 1.52. The summed E-state index contributed by atoms with van der Waals surface area (Å²) < 4.78 is 5.98. The molecule has 2 aromatic carbocycles. The van der Waals surface area contributed by atoms with Crippen LogP contribution in [0.4, 0.5) is 16.2 Å². The highest BCUT2D eigenvalue weighted by molar-refractivity contribution is 8.01. The van der Waals surface area contributed by atoms with Gasteiger partial charge in [0.2, 0.25) is 5.91 Å². The minimum Gasteiger partial charge on any atom is -0.457 e. The number of anilines is 2. The monoisotopic (exact) mass is 515 g/mol. The largest absolute Gasteiger partial charge is 0.457 e. The molecule has 3 aliphatic rings. The molecule has 1 N–H and O–H groups in total. The predicted octanol–water partition coefficient (Wildman–Crippen LogP) is 4.72. The van der Waals surface area contributed by atoms with Crippen molar-refractivity contribution >= 4 is 35.1 Å². The highest BCUT2D eigenvalue weighted by atomic mass is 32.2. The molecule has 0 radical (unpaired) electrons. The van der Waals surface area contributed by atoms with Crippen LogP contribution in [0.1, 0.15) is 23.6 Å². The number of para-hydroxylation sites is 1. The quantitative estimate of drug-likeness (QED) is 0.530. The number of nitrogens with zero attached hydrogens (tertiary/aromatic N) is 4. The molecule has 6 rings (SSSR count). The fourth-order valence-corrected chi connectivity index (χ4v) is 6.67. The second kappa shape index (κ2) is 9.39. The van der Waals surface area contributed by atoms with Gasteiger partial charge in [0.15, 0.2) is 0 Å². The number of ether oxygens (including phenoxy) is 1. The van der Waals surface area contributed by atoms with Crippen LogP contribution in [0.15, 0.2) is 65.8 Å². The van der Waals surface area contributed by atoms with E-state index in [0.29, 0.717) is 18.3 Å². The first-order chi connectivity index (χ1) is 17.9. The topological polar surface area (TPSA) is 78.0 Å². The van der Waals surface area contributed by atoms with Gasteiger partial charge in [-0.1, -0.05) is 30.0 Å². The van der Waals surface area contributed by atoms with E-state index >= 15 is 0 Å². The first-order valence-corrected chi connectivity index (χ1v) is 13.3. The molecule has 9 heteroatoms. The number of urea groups is 1. The van der Waals surface area contributed by atoms with Gasteiger partial charge in [-0.15, -0.1) is 0 Å². The van der Waals surface area contributed by atoms with Gasteiger partial charge in [0.05, 0.1) is 17.4 Å². The van der Waals surface area contributed by atoms with Crippen LogP contribution in [0, 0.1) is 6.92 Å². The van der Waals surface area contributed by atoms with Crippen molar-refractivity contribution < 1.29 is 14.3 Å². The van der Waals surface area contributed by atoms with E-state index in [2.05, 4.69) is 15.2 Å². The Balaban J connectivity index is 1.28. The lowest BCUT2D eigenvalue weighted by molar-refractivity contribution is -0.130. The number of hydrogen-bond donors (Lipinski definition) is 1. The summed E-state index contributed by atoms with van der Waals surface area (Å²) in [6.07, 6.45) is 2.68. The predicted molar refractivity (Wildman–Crippen MR) is 144 cm³/mol. The minimum atomic E-state index is -0.418. The van der Waals surface area contributed by atoms with E-state index in [1.54, 1.807) is 11.1 Å². The third-order valence-corrected chi connectivity index (χ3v) is 8.62. The van der Waals surface area contributed by atoms with Crippen molar-refractivity contribution in [3.05, 3.63) is 71.9 Å². The molecule has 8 nitrogen and oxygen atoms in total. The highest BCUT2D eigenvalue weighted by Crippen LogP contribution is 2.51. The first-order valence-electron chi connectivity index (χ1n) is 12.5. The van der Waals surface area contributed by atoms with E-state index in [0.717, 1.165) is 46.2 Å². The molecule has 190 valence electrons. The first kappa shape index (κ1) is 23.8. The number of carbonyl (C=O) groups is 2. The number of likely N-dealkylation sites (tertiary alicyclic amines) is 1. The molecule has 3 amide bonds. The maximum atomic E-state index is 13.6. The number of aromatic nitrogens is 1. The molecule has 0 saturated carbocycles. The Morgan fingerprint density at radius 1 is 1.11 bits per heavy atom. The van der Waals surface area contributed by atoms with Gasteiger partial charge in [0.1, 0.15) is 21.8 Å². The minimum absolute atomic E-state index is 0.0654. The van der Waals surface area contributed by atoms with Crippen molar-refractivity contribution in [2.24, 2.45) is 0 Å². The Bertz CT molecular complexity index is 1370. The Morgan fingerprint density at radius 2 is 1.92 bits per heavy atom. The molecule has 3 aliphatic heterocycles. The van der Waals surface area contributed by atoms with Crippen LogP contribution in [-0.2, 0) is 4.79 Å². The standard InChI is InChI=1S/C28H29N5O3S/c1-17-15-20(36-19-7-5-4-6-8-19)9-10-21(17)33-22-11-13-29-26-23(22)24(30-28(33)35)25(37-26)27(34)32-14-12-18(16-32)31(2)3/h4-11,13,15,18,24-25H,12,14,16H2,1-3H3,(H,30,35)/t18?,24?,25-/m0/s1. The van der Waals surface area contributed by atoms with E-state index in [-0.39, 0.29) is 11.9 Å². The van der Waals surface area contributed by atoms with Gasteiger partial charge in [-0.05, 0) is 69.4 Å². The lowest BCUT2D eigenvalue weighted by Gasteiger charge is -2.35. The summed E-state index contributed by atoms with van der Waals surface area (Å²) >= 11 is 1.46. The molecule has 0 spiro atoms. The second-order valence-electron chi connectivity index (χ2n) is 9.90. The Morgan fingerprint density at radius 3 is 2.65 bits per heavy atom. The van der Waals surface area contributed by atoms with Crippen LogP contribution < -0.4 is 15.0 Å². The molecular formula is C28H29N5O3S. The number of aryl methyl sites for hydroxylation is 1. The van der Waals surface area contributed by atoms with Crippen molar-refractivity contribution in [1.29, 1.82) is 0 Å². The number of carbonyl (C=O) groups excluding carboxylic acids is 2. The maximum Gasteiger partial charge on any atom is 0.327 e. The molecule has 37 heavy (non-hydrogen) atoms. The zero-order chi connectivity index (χ0) is 25.7. The fourth-order valence-electron chi connectivity index (χ4n) is 5.36. The number of likely N-dealkylation sites (N-methyl/N-ethyl adjacent to an activating group) is 1. The number of hydrogen-bond acceptors (Lipinski definition) is 6. The zero-order valence-electron chi connectivity index (χ0n) is 21.0. The van der Waals surface area contributed by atoms with Crippen LogP contribution in [0.2, 0.25) is 0 Å². The van der Waals surface area contributed by atoms with Crippen LogP contribution >= 0.6 is 11.8 Å². The van der Waals surface area contributed by atoms with Crippen LogP contribution in [0.3, 0.4) is 0 Å². The second-order valence-corrected chi connectivity index (χ2v) is 11.0. The van der Waals surface area contributed by atoms with Crippen molar-refractivity contribution in [3.63, 3.8) is 0 Å². The Kier molecular flexibility index (Phi) is 6.04. The molecule has 2 unspecified atom stereocenters. The lowest BCUT2D eigenvalue weighted by Crippen LogP contribution is -2.49. The van der Waals surface area contributed by atoms with Gasteiger partial charge in [0.25, 0.3) is 0 Å². The van der Waals surface area contributed by atoms with Crippen LogP contribution in [-0.4, -0.2) is 65.2 Å². The highest BCUT2D eigenvalue weighted by Gasteiger charge is 2.48. The smallest absolute Gasteiger partial charge is 0.327 e. The van der Waals surface area contributed by atoms with Gasteiger partial charge in [-0.25, -0.2) is 9.78 Å². The fraction of sp³-hybridized carbons (Fsp3) is 0.321. The number of amides is 3. The average Bonchev–Trinajstić information content (AvgIpc) is 3.52. The summed E-state index contributed by atoms with van der Waals surface area (Å²) in [5.41, 5.74) is 3.35. The van der Waals surface area contributed by atoms with Crippen molar-refractivity contribution in [1.82, 2.24) is 20.1 Å². The summed E-state index contributed by atoms with van der Waals surface area (Å²) in [6, 6.07) is 16.9. The normalized spacial score (nSPS) is 22.3. The molecule has 4 heterocycles. The molecule has 3 atom stereocenters. The SMILES string of the molecule is Cc1cc(Oc2ccccc2)ccc1N1C(=O)NC2c3c1ccnc3S[C@@H]2C(=O)N1CCC(N(C)C)C1. The number of pyridine rings is 1. The Hall–Kier alpha value is -3.56. The summed E-state index contributed by atoms with van der Waals surface area (Å²) in [5, 5.41) is 3.51. The number of benzene rings is 2. The van der Waals surface area contributed by atoms with E-state index in [9.17, 15) is 9.59 Å². The summed E-state index contributed by atoms with van der Waals surface area (Å²) in [7, 11) is 4.10. The van der Waals surface area contributed by atoms with Gasteiger partial charge < -0.3 is 19.9 Å². The van der Waals surface area contributed by atoms with Crippen LogP contribution in [0.5, 0.6) is 11.5 Å². The van der Waals surface area contributed by atoms with E-state index in [1.807, 2.05) is 80.5 Å². The molecule has 1 aromatic heterocycles. The third kappa shape index (κ3) is 4.22.